The topological polar surface area (TPSA) is 0 Å². The summed E-state index contributed by atoms with van der Waals surface area (Å²) in [5.74, 6) is 0.974. The second-order valence-corrected chi connectivity index (χ2v) is 7.05. The minimum Gasteiger partial charge on any atom is -0.319 e. The molecular formula is C16H34N2+2. The lowest BCUT2D eigenvalue weighted by molar-refractivity contribution is -0.962. The molecule has 2 fully saturated rings. The summed E-state index contributed by atoms with van der Waals surface area (Å²) in [6.45, 7) is 18.6. The van der Waals surface area contributed by atoms with Crippen molar-refractivity contribution in [2.24, 2.45) is 5.92 Å². The summed E-state index contributed by atoms with van der Waals surface area (Å²) in [4.78, 5) is 0. The van der Waals surface area contributed by atoms with Crippen molar-refractivity contribution in [1.29, 1.82) is 0 Å². The second-order valence-electron chi connectivity index (χ2n) is 7.05. The Hall–Kier alpha value is -0.0800. The van der Waals surface area contributed by atoms with Crippen LogP contribution < -0.4 is 0 Å². The third-order valence-corrected chi connectivity index (χ3v) is 6.08. The Morgan fingerprint density at radius 2 is 1.50 bits per heavy atom. The molecule has 0 aromatic carbocycles. The lowest BCUT2D eigenvalue weighted by Crippen LogP contribution is -2.54. The molecule has 2 aliphatic rings. The van der Waals surface area contributed by atoms with Crippen LogP contribution in [0, 0.1) is 5.92 Å². The van der Waals surface area contributed by atoms with E-state index in [1.54, 1.807) is 0 Å². The van der Waals surface area contributed by atoms with E-state index in [-0.39, 0.29) is 0 Å². The van der Waals surface area contributed by atoms with Crippen LogP contribution in [0.25, 0.3) is 0 Å². The van der Waals surface area contributed by atoms with E-state index in [1.165, 1.54) is 87.0 Å². The number of hydrogen-bond donors (Lipinski definition) is 0. The van der Waals surface area contributed by atoms with Crippen LogP contribution >= 0.6 is 0 Å². The van der Waals surface area contributed by atoms with Crippen molar-refractivity contribution < 1.29 is 8.97 Å². The molecule has 1 spiro atoms. The molecule has 2 atom stereocenters. The molecule has 18 heavy (non-hydrogen) atoms. The van der Waals surface area contributed by atoms with Crippen molar-refractivity contribution in [2.45, 2.75) is 46.5 Å². The van der Waals surface area contributed by atoms with Crippen LogP contribution in [0.3, 0.4) is 0 Å². The summed E-state index contributed by atoms with van der Waals surface area (Å²) in [7, 11) is 0. The molecule has 0 amide bonds. The van der Waals surface area contributed by atoms with Gasteiger partial charge in [-0.2, -0.15) is 0 Å². The minimum atomic E-state index is 0.974. The highest BCUT2D eigenvalue weighted by molar-refractivity contribution is 4.62. The zero-order valence-corrected chi connectivity index (χ0v) is 13.0. The minimum absolute atomic E-state index is 0.974. The Bertz CT molecular complexity index is 260. The molecular weight excluding hydrogens is 220 g/mol. The lowest BCUT2D eigenvalue weighted by atomic mass is 10.0. The fraction of sp³-hybridized carbons (Fsp3) is 1.00. The van der Waals surface area contributed by atoms with Crippen molar-refractivity contribution in [3.63, 3.8) is 0 Å². The van der Waals surface area contributed by atoms with Gasteiger partial charge >= 0.3 is 0 Å². The molecule has 0 N–H and O–H groups in total. The first-order chi connectivity index (χ1) is 8.64. The molecule has 2 heteroatoms. The third kappa shape index (κ3) is 3.08. The van der Waals surface area contributed by atoms with E-state index in [1.807, 2.05) is 0 Å². The summed E-state index contributed by atoms with van der Waals surface area (Å²) in [6, 6.07) is 0. The van der Waals surface area contributed by atoms with Crippen LogP contribution in [0.5, 0.6) is 0 Å². The van der Waals surface area contributed by atoms with Crippen molar-refractivity contribution in [1.82, 2.24) is 0 Å². The third-order valence-electron chi connectivity index (χ3n) is 6.08. The Labute approximate surface area is 114 Å². The van der Waals surface area contributed by atoms with Gasteiger partial charge in [0.25, 0.3) is 0 Å². The van der Waals surface area contributed by atoms with Crippen LogP contribution in [-0.4, -0.2) is 61.3 Å². The standard InChI is InChI=1S/C16H34N2/c1-4-17(5-2)11-7-12-18(15-14-17)10-6-8-16(3)9-13-18/h16H,4-15H2,1-3H3/q+2. The molecule has 0 aromatic heterocycles. The molecule has 2 nitrogen and oxygen atoms in total. The summed E-state index contributed by atoms with van der Waals surface area (Å²) < 4.78 is 2.85. The Morgan fingerprint density at radius 3 is 2.22 bits per heavy atom. The molecule has 0 radical (unpaired) electrons. The van der Waals surface area contributed by atoms with Gasteiger partial charge in [0.05, 0.1) is 39.3 Å². The van der Waals surface area contributed by atoms with Gasteiger partial charge in [-0.3, -0.25) is 0 Å². The number of quaternary nitrogens is 2. The molecule has 2 saturated heterocycles. The monoisotopic (exact) mass is 254 g/mol. The maximum absolute atomic E-state index is 2.46. The van der Waals surface area contributed by atoms with Crippen molar-refractivity contribution in [2.75, 3.05) is 52.4 Å². The first-order valence-corrected chi connectivity index (χ1v) is 8.34. The van der Waals surface area contributed by atoms with Gasteiger partial charge in [-0.1, -0.05) is 6.92 Å². The highest BCUT2D eigenvalue weighted by Crippen LogP contribution is 2.26. The SMILES string of the molecule is CC[N+]1(CC)CCC[N+]2(CCCC(C)CC2)CC1. The van der Waals surface area contributed by atoms with Gasteiger partial charge < -0.3 is 8.97 Å². The fourth-order valence-electron chi connectivity index (χ4n) is 4.22. The first kappa shape index (κ1) is 14.3. The molecule has 0 aliphatic carbocycles. The molecule has 106 valence electrons. The number of nitrogens with zero attached hydrogens (tertiary/aromatic N) is 2. The molecule has 2 rings (SSSR count). The molecule has 0 saturated carbocycles. The van der Waals surface area contributed by atoms with Gasteiger partial charge in [0.1, 0.15) is 13.1 Å². The molecule has 2 aliphatic heterocycles. The fourth-order valence-corrected chi connectivity index (χ4v) is 4.22. The zero-order valence-electron chi connectivity index (χ0n) is 13.0. The highest BCUT2D eigenvalue weighted by atomic mass is 15.4. The van der Waals surface area contributed by atoms with E-state index in [2.05, 4.69) is 20.8 Å². The van der Waals surface area contributed by atoms with Gasteiger partial charge in [0, 0.05) is 6.42 Å². The molecule has 0 bridgehead atoms. The highest BCUT2D eigenvalue weighted by Gasteiger charge is 2.37. The second kappa shape index (κ2) is 5.92. The van der Waals surface area contributed by atoms with Crippen LogP contribution in [-0.2, 0) is 0 Å². The van der Waals surface area contributed by atoms with Crippen LogP contribution in [0.2, 0.25) is 0 Å². The molecule has 2 heterocycles. The zero-order chi connectivity index (χ0) is 13.1. The largest absolute Gasteiger partial charge is 0.319 e. The number of likely N-dealkylation sites (N-methyl/N-ethyl adjacent to an activating group) is 1. The van der Waals surface area contributed by atoms with E-state index in [4.69, 9.17) is 0 Å². The summed E-state index contributed by atoms with van der Waals surface area (Å²) in [5.41, 5.74) is 0. The van der Waals surface area contributed by atoms with Crippen LogP contribution in [0.15, 0.2) is 0 Å². The average molecular weight is 254 g/mol. The predicted octanol–water partition coefficient (Wildman–Crippen LogP) is 2.88. The summed E-state index contributed by atoms with van der Waals surface area (Å²) in [5, 5.41) is 0. The normalized spacial score (nSPS) is 37.2. The van der Waals surface area contributed by atoms with Gasteiger partial charge in [-0.25, -0.2) is 0 Å². The predicted molar refractivity (Wildman–Crippen MR) is 78.4 cm³/mol. The summed E-state index contributed by atoms with van der Waals surface area (Å²) >= 11 is 0. The Morgan fingerprint density at radius 1 is 0.778 bits per heavy atom. The van der Waals surface area contributed by atoms with Crippen molar-refractivity contribution >= 4 is 0 Å². The quantitative estimate of drug-likeness (QED) is 0.665. The van der Waals surface area contributed by atoms with Gasteiger partial charge in [0.2, 0.25) is 0 Å². The number of hydrogen-bond acceptors (Lipinski definition) is 0. The Kier molecular flexibility index (Phi) is 4.71. The van der Waals surface area contributed by atoms with Crippen molar-refractivity contribution in [3.05, 3.63) is 0 Å². The molecule has 2 unspecified atom stereocenters. The lowest BCUT2D eigenvalue weighted by Gasteiger charge is -2.38. The Balaban J connectivity index is 2.03. The molecule has 0 aromatic rings. The van der Waals surface area contributed by atoms with Gasteiger partial charge in [-0.05, 0) is 39.0 Å². The maximum Gasteiger partial charge on any atom is 0.129 e. The first-order valence-electron chi connectivity index (χ1n) is 8.34. The van der Waals surface area contributed by atoms with E-state index in [0.717, 1.165) is 5.92 Å². The van der Waals surface area contributed by atoms with Gasteiger partial charge in [-0.15, -0.1) is 0 Å². The van der Waals surface area contributed by atoms with E-state index in [0.29, 0.717) is 0 Å². The van der Waals surface area contributed by atoms with Crippen LogP contribution in [0.4, 0.5) is 0 Å². The summed E-state index contributed by atoms with van der Waals surface area (Å²) in [6.07, 6.45) is 5.87. The maximum atomic E-state index is 2.46. The van der Waals surface area contributed by atoms with E-state index >= 15 is 0 Å². The van der Waals surface area contributed by atoms with Crippen molar-refractivity contribution in [3.8, 4) is 0 Å². The van der Waals surface area contributed by atoms with E-state index < -0.39 is 0 Å². The van der Waals surface area contributed by atoms with E-state index in [9.17, 15) is 0 Å². The number of rotatable bonds is 2. The van der Waals surface area contributed by atoms with Gasteiger partial charge in [0.15, 0.2) is 0 Å². The average Bonchev–Trinajstić information content (AvgIpc) is 2.68. The van der Waals surface area contributed by atoms with Crippen LogP contribution in [0.1, 0.15) is 46.5 Å². The smallest absolute Gasteiger partial charge is 0.129 e.